The maximum Gasteiger partial charge on any atom is 0.188 e. The van der Waals surface area contributed by atoms with Crippen LogP contribution >= 0.6 is 11.6 Å². The molecule has 0 atom stereocenters. The molecule has 0 aliphatic heterocycles. The molecule has 0 unspecified atom stereocenters. The van der Waals surface area contributed by atoms with E-state index in [2.05, 4.69) is 6.92 Å². The second-order valence-corrected chi connectivity index (χ2v) is 5.19. The summed E-state index contributed by atoms with van der Waals surface area (Å²) in [5.74, 6) is 0.0163. The predicted octanol–water partition coefficient (Wildman–Crippen LogP) is 4.90. The topological polar surface area (TPSA) is 26.3 Å². The molecule has 0 heterocycles. The Morgan fingerprint density at radius 3 is 2.37 bits per heavy atom. The number of ether oxygens (including phenoxy) is 1. The van der Waals surface area contributed by atoms with Crippen LogP contribution in [-0.2, 0) is 4.74 Å². The summed E-state index contributed by atoms with van der Waals surface area (Å²) in [6.45, 7) is 3.05. The lowest BCUT2D eigenvalue weighted by Crippen LogP contribution is -2.09. The van der Waals surface area contributed by atoms with Crippen LogP contribution < -0.4 is 0 Å². The van der Waals surface area contributed by atoms with Gasteiger partial charge in [0.05, 0.1) is 0 Å². The van der Waals surface area contributed by atoms with Gasteiger partial charge in [0.25, 0.3) is 0 Å². The summed E-state index contributed by atoms with van der Waals surface area (Å²) in [6, 6.07) is 6.92. The van der Waals surface area contributed by atoms with Gasteiger partial charge in [-0.2, -0.15) is 0 Å². The third kappa shape index (κ3) is 7.34. The largest absolute Gasteiger partial charge is 0.373 e. The Bertz CT molecular complexity index is 360. The first-order valence-electron chi connectivity index (χ1n) is 7.10. The molecule has 1 rings (SSSR count). The average molecular weight is 283 g/mol. The van der Waals surface area contributed by atoms with E-state index < -0.39 is 0 Å². The van der Waals surface area contributed by atoms with Gasteiger partial charge in [-0.05, 0) is 30.7 Å². The van der Waals surface area contributed by atoms with Crippen LogP contribution in [0.15, 0.2) is 24.3 Å². The number of hydrogen-bond acceptors (Lipinski definition) is 2. The van der Waals surface area contributed by atoms with Crippen molar-refractivity contribution in [3.05, 3.63) is 34.9 Å². The summed E-state index contributed by atoms with van der Waals surface area (Å²) < 4.78 is 5.40. The third-order valence-electron chi connectivity index (χ3n) is 3.04. The molecule has 0 amide bonds. The summed E-state index contributed by atoms with van der Waals surface area (Å²) in [5.41, 5.74) is 0.660. The molecule has 1 aromatic rings. The predicted molar refractivity (Wildman–Crippen MR) is 80.0 cm³/mol. The van der Waals surface area contributed by atoms with Crippen molar-refractivity contribution in [1.82, 2.24) is 0 Å². The number of carbonyl (C=O) groups excluding carboxylic acids is 1. The number of halogens is 1. The molecule has 0 aliphatic rings. The van der Waals surface area contributed by atoms with Gasteiger partial charge in [-0.1, -0.05) is 50.6 Å². The van der Waals surface area contributed by atoms with Gasteiger partial charge in [0.1, 0.15) is 6.61 Å². The first-order valence-corrected chi connectivity index (χ1v) is 7.48. The Morgan fingerprint density at radius 1 is 1.05 bits per heavy atom. The first-order chi connectivity index (χ1) is 9.24. The lowest BCUT2D eigenvalue weighted by atomic mass is 10.1. The number of rotatable bonds is 10. The standard InChI is InChI=1S/C16H23ClO2/c1-2-3-4-5-6-7-12-19-13-16(18)14-8-10-15(17)11-9-14/h8-11H,2-7,12-13H2,1H3. The van der Waals surface area contributed by atoms with Gasteiger partial charge < -0.3 is 4.74 Å². The number of unbranched alkanes of at least 4 members (excludes halogenated alkanes) is 5. The fraction of sp³-hybridized carbons (Fsp3) is 0.562. The highest BCUT2D eigenvalue weighted by molar-refractivity contribution is 6.30. The number of benzene rings is 1. The van der Waals surface area contributed by atoms with E-state index in [0.29, 0.717) is 17.2 Å². The van der Waals surface area contributed by atoms with Crippen LogP contribution in [0, 0.1) is 0 Å². The van der Waals surface area contributed by atoms with Crippen molar-refractivity contribution in [2.45, 2.75) is 45.4 Å². The number of carbonyl (C=O) groups is 1. The van der Waals surface area contributed by atoms with E-state index in [9.17, 15) is 4.79 Å². The van der Waals surface area contributed by atoms with Crippen molar-refractivity contribution < 1.29 is 9.53 Å². The second kappa shape index (κ2) is 9.99. The minimum atomic E-state index is 0.0163. The molecule has 0 saturated carbocycles. The molecule has 0 radical (unpaired) electrons. The van der Waals surface area contributed by atoms with Crippen LogP contribution in [0.1, 0.15) is 55.8 Å². The van der Waals surface area contributed by atoms with Crippen LogP contribution in [0.3, 0.4) is 0 Å². The van der Waals surface area contributed by atoms with Gasteiger partial charge >= 0.3 is 0 Å². The molecule has 0 spiro atoms. The molecule has 0 fully saturated rings. The van der Waals surface area contributed by atoms with Crippen molar-refractivity contribution in [3.8, 4) is 0 Å². The maximum absolute atomic E-state index is 11.8. The molecule has 1 aromatic carbocycles. The molecule has 106 valence electrons. The highest BCUT2D eigenvalue weighted by atomic mass is 35.5. The van der Waals surface area contributed by atoms with E-state index in [1.54, 1.807) is 24.3 Å². The number of ketones is 1. The van der Waals surface area contributed by atoms with Crippen LogP contribution in [-0.4, -0.2) is 19.0 Å². The molecular formula is C16H23ClO2. The molecule has 0 N–H and O–H groups in total. The van der Waals surface area contributed by atoms with E-state index in [0.717, 1.165) is 6.42 Å². The zero-order valence-corrected chi connectivity index (χ0v) is 12.4. The van der Waals surface area contributed by atoms with Crippen LogP contribution in [0.25, 0.3) is 0 Å². The fourth-order valence-corrected chi connectivity index (χ4v) is 1.99. The molecule has 19 heavy (non-hydrogen) atoms. The Labute approximate surface area is 121 Å². The van der Waals surface area contributed by atoms with Crippen molar-refractivity contribution in [3.63, 3.8) is 0 Å². The van der Waals surface area contributed by atoms with Gasteiger partial charge in [0.2, 0.25) is 0 Å². The summed E-state index contributed by atoms with van der Waals surface area (Å²) in [7, 11) is 0. The smallest absolute Gasteiger partial charge is 0.188 e. The van der Waals surface area contributed by atoms with Crippen molar-refractivity contribution in [2.75, 3.05) is 13.2 Å². The molecule has 0 saturated heterocycles. The Kier molecular flexibility index (Phi) is 8.52. The molecule has 0 aromatic heterocycles. The lowest BCUT2D eigenvalue weighted by molar-refractivity contribution is 0.0752. The van der Waals surface area contributed by atoms with Gasteiger partial charge in [-0.15, -0.1) is 0 Å². The molecular weight excluding hydrogens is 260 g/mol. The van der Waals surface area contributed by atoms with Crippen LogP contribution in [0.2, 0.25) is 5.02 Å². The minimum absolute atomic E-state index is 0.0163. The summed E-state index contributed by atoms with van der Waals surface area (Å²) >= 11 is 5.77. The molecule has 2 nitrogen and oxygen atoms in total. The molecule has 0 aliphatic carbocycles. The van der Waals surface area contributed by atoms with E-state index >= 15 is 0 Å². The van der Waals surface area contributed by atoms with E-state index in [1.807, 2.05) is 0 Å². The van der Waals surface area contributed by atoms with Gasteiger partial charge in [-0.25, -0.2) is 0 Å². The Balaban J connectivity index is 2.06. The van der Waals surface area contributed by atoms with Crippen LogP contribution in [0.5, 0.6) is 0 Å². The minimum Gasteiger partial charge on any atom is -0.373 e. The van der Waals surface area contributed by atoms with E-state index in [1.165, 1.54) is 32.1 Å². The normalized spacial score (nSPS) is 10.6. The monoisotopic (exact) mass is 282 g/mol. The van der Waals surface area contributed by atoms with Gasteiger partial charge in [-0.3, -0.25) is 4.79 Å². The summed E-state index contributed by atoms with van der Waals surface area (Å²) in [4.78, 5) is 11.8. The van der Waals surface area contributed by atoms with Gasteiger partial charge in [0.15, 0.2) is 5.78 Å². The zero-order valence-electron chi connectivity index (χ0n) is 11.7. The van der Waals surface area contributed by atoms with E-state index in [4.69, 9.17) is 16.3 Å². The van der Waals surface area contributed by atoms with Crippen molar-refractivity contribution in [1.29, 1.82) is 0 Å². The number of Topliss-reactive ketones (excluding diaryl/α,β-unsaturated/α-hetero) is 1. The van der Waals surface area contributed by atoms with E-state index in [-0.39, 0.29) is 12.4 Å². The van der Waals surface area contributed by atoms with Gasteiger partial charge in [0, 0.05) is 17.2 Å². The maximum atomic E-state index is 11.8. The summed E-state index contributed by atoms with van der Waals surface area (Å²) in [5, 5.41) is 0.643. The molecule has 3 heteroatoms. The first kappa shape index (κ1) is 16.2. The third-order valence-corrected chi connectivity index (χ3v) is 3.29. The average Bonchev–Trinajstić information content (AvgIpc) is 2.42. The van der Waals surface area contributed by atoms with Crippen molar-refractivity contribution >= 4 is 17.4 Å². The quantitative estimate of drug-likeness (QED) is 0.451. The lowest BCUT2D eigenvalue weighted by Gasteiger charge is -2.04. The highest BCUT2D eigenvalue weighted by Gasteiger charge is 2.05. The Hall–Kier alpha value is -0.860. The highest BCUT2D eigenvalue weighted by Crippen LogP contribution is 2.10. The van der Waals surface area contributed by atoms with Crippen molar-refractivity contribution in [2.24, 2.45) is 0 Å². The fourth-order valence-electron chi connectivity index (χ4n) is 1.87. The summed E-state index contributed by atoms with van der Waals surface area (Å²) in [6.07, 6.45) is 7.39. The molecule has 0 bridgehead atoms. The Morgan fingerprint density at radius 2 is 1.68 bits per heavy atom. The number of hydrogen-bond donors (Lipinski definition) is 0. The second-order valence-electron chi connectivity index (χ2n) is 4.75. The zero-order chi connectivity index (χ0) is 13.9. The van der Waals surface area contributed by atoms with Crippen LogP contribution in [0.4, 0.5) is 0 Å². The SMILES string of the molecule is CCCCCCCCOCC(=O)c1ccc(Cl)cc1.